The van der Waals surface area contributed by atoms with Gasteiger partial charge in [-0.3, -0.25) is 0 Å². The molecule has 13 heavy (non-hydrogen) atoms. The van der Waals surface area contributed by atoms with Gasteiger partial charge in [-0.25, -0.2) is 0 Å². The van der Waals surface area contributed by atoms with Crippen LogP contribution in [-0.2, 0) is 11.8 Å². The monoisotopic (exact) mass is 303 g/mol. The van der Waals surface area contributed by atoms with Crippen molar-refractivity contribution in [2.75, 3.05) is 0 Å². The number of aromatic hydroxyl groups is 1. The molecule has 1 rings (SSSR count). The first-order valence-corrected chi connectivity index (χ1v) is 5.53. The molecule has 1 N–H and O–H groups in total. The predicted octanol–water partition coefficient (Wildman–Crippen LogP) is 3.12. The molecule has 0 aromatic heterocycles. The second-order valence-electron chi connectivity index (χ2n) is 2.54. The van der Waals surface area contributed by atoms with Crippen LogP contribution in [0.3, 0.4) is 0 Å². The molecule has 0 amide bonds. The number of halogens is 2. The molecule has 0 aliphatic rings. The number of rotatable bonds is 2. The first kappa shape index (κ1) is 10.6. The molecule has 1 aromatic rings. The van der Waals surface area contributed by atoms with Crippen LogP contribution < -0.4 is 0 Å². The maximum atomic E-state index is 9.64. The van der Waals surface area contributed by atoms with Gasteiger partial charge in [0, 0.05) is 20.9 Å². The number of phenols is 1. The van der Waals surface area contributed by atoms with Crippen LogP contribution >= 0.6 is 31.9 Å². The van der Waals surface area contributed by atoms with E-state index >= 15 is 0 Å². The van der Waals surface area contributed by atoms with Crippen molar-refractivity contribution in [3.05, 3.63) is 27.7 Å². The third-order valence-corrected chi connectivity index (χ3v) is 2.71. The van der Waals surface area contributed by atoms with E-state index < -0.39 is 0 Å². The number of nitriles is 1. The number of hydrogen-bond acceptors (Lipinski definition) is 2. The van der Waals surface area contributed by atoms with E-state index in [1.165, 1.54) is 0 Å². The summed E-state index contributed by atoms with van der Waals surface area (Å²) in [5.74, 6) is 0.210. The minimum atomic E-state index is 0.210. The van der Waals surface area contributed by atoms with E-state index in [0.29, 0.717) is 10.9 Å². The SMILES string of the molecule is N#CCc1cc(Br)cc(CBr)c1O. The molecule has 0 atom stereocenters. The predicted molar refractivity (Wildman–Crippen MR) is 57.8 cm³/mol. The van der Waals surface area contributed by atoms with Gasteiger partial charge in [-0.2, -0.15) is 5.26 Å². The normalized spacial score (nSPS) is 9.62. The molecule has 0 aliphatic heterocycles. The van der Waals surface area contributed by atoms with Crippen molar-refractivity contribution in [1.82, 2.24) is 0 Å². The fourth-order valence-electron chi connectivity index (χ4n) is 1.04. The minimum Gasteiger partial charge on any atom is -0.507 e. The van der Waals surface area contributed by atoms with Crippen molar-refractivity contribution in [1.29, 1.82) is 5.26 Å². The topological polar surface area (TPSA) is 44.0 Å². The van der Waals surface area contributed by atoms with Crippen LogP contribution in [0.25, 0.3) is 0 Å². The molecule has 0 bridgehead atoms. The Balaban J connectivity index is 3.20. The van der Waals surface area contributed by atoms with Crippen LogP contribution in [0.1, 0.15) is 11.1 Å². The summed E-state index contributed by atoms with van der Waals surface area (Å²) in [5, 5.41) is 18.7. The molecule has 0 saturated carbocycles. The molecule has 0 saturated heterocycles. The zero-order chi connectivity index (χ0) is 9.84. The second kappa shape index (κ2) is 4.64. The highest BCUT2D eigenvalue weighted by Crippen LogP contribution is 2.29. The van der Waals surface area contributed by atoms with Crippen molar-refractivity contribution in [2.45, 2.75) is 11.8 Å². The Labute approximate surface area is 93.4 Å². The number of phenolic OH excluding ortho intramolecular Hbond substituents is 1. The summed E-state index contributed by atoms with van der Waals surface area (Å²) in [6.45, 7) is 0. The van der Waals surface area contributed by atoms with E-state index in [4.69, 9.17) is 5.26 Å². The molecule has 0 fully saturated rings. The lowest BCUT2D eigenvalue weighted by Crippen LogP contribution is -1.88. The average Bonchev–Trinajstić information content (AvgIpc) is 2.11. The Morgan fingerprint density at radius 3 is 2.54 bits per heavy atom. The summed E-state index contributed by atoms with van der Waals surface area (Å²) in [6, 6.07) is 5.59. The molecule has 0 radical (unpaired) electrons. The van der Waals surface area contributed by atoms with E-state index in [2.05, 4.69) is 31.9 Å². The largest absolute Gasteiger partial charge is 0.507 e. The van der Waals surface area contributed by atoms with Gasteiger partial charge in [0.2, 0.25) is 0 Å². The zero-order valence-corrected chi connectivity index (χ0v) is 9.89. The van der Waals surface area contributed by atoms with E-state index in [9.17, 15) is 5.11 Å². The number of alkyl halides is 1. The Morgan fingerprint density at radius 1 is 1.38 bits per heavy atom. The van der Waals surface area contributed by atoms with Gasteiger partial charge < -0.3 is 5.11 Å². The Bertz CT molecular complexity index is 357. The molecule has 68 valence electrons. The highest BCUT2D eigenvalue weighted by atomic mass is 79.9. The molecular formula is C9H7Br2NO. The summed E-state index contributed by atoms with van der Waals surface area (Å²) in [4.78, 5) is 0. The minimum absolute atomic E-state index is 0.210. The van der Waals surface area contributed by atoms with Crippen LogP contribution in [0.4, 0.5) is 0 Å². The highest BCUT2D eigenvalue weighted by Gasteiger charge is 2.07. The Kier molecular flexibility index (Phi) is 3.76. The summed E-state index contributed by atoms with van der Waals surface area (Å²) in [5.41, 5.74) is 1.45. The van der Waals surface area contributed by atoms with E-state index in [0.717, 1.165) is 10.0 Å². The number of nitrogens with zero attached hydrogens (tertiary/aromatic N) is 1. The van der Waals surface area contributed by atoms with Gasteiger partial charge >= 0.3 is 0 Å². The first-order chi connectivity index (χ1) is 6.19. The second-order valence-corrected chi connectivity index (χ2v) is 4.02. The summed E-state index contributed by atoms with van der Waals surface area (Å²) < 4.78 is 0.880. The fraction of sp³-hybridized carbons (Fsp3) is 0.222. The highest BCUT2D eigenvalue weighted by molar-refractivity contribution is 9.10. The van der Waals surface area contributed by atoms with Crippen LogP contribution in [-0.4, -0.2) is 5.11 Å². The molecule has 0 aliphatic carbocycles. The van der Waals surface area contributed by atoms with Crippen LogP contribution in [0, 0.1) is 11.3 Å². The lowest BCUT2D eigenvalue weighted by molar-refractivity contribution is 0.465. The standard InChI is InChI=1S/C9H7Br2NO/c10-5-7-4-8(11)3-6(1-2-12)9(7)13/h3-4,13H,1,5H2. The van der Waals surface area contributed by atoms with E-state index in [1.54, 1.807) is 6.07 Å². The van der Waals surface area contributed by atoms with E-state index in [-0.39, 0.29) is 12.2 Å². The quantitative estimate of drug-likeness (QED) is 0.853. The zero-order valence-electron chi connectivity index (χ0n) is 6.72. The molecule has 2 nitrogen and oxygen atoms in total. The van der Waals surface area contributed by atoms with Crippen LogP contribution in [0.15, 0.2) is 16.6 Å². The first-order valence-electron chi connectivity index (χ1n) is 3.62. The third kappa shape index (κ3) is 2.45. The van der Waals surface area contributed by atoms with Gasteiger partial charge in [-0.05, 0) is 12.1 Å². The molecule has 1 aromatic carbocycles. The molecular weight excluding hydrogens is 298 g/mol. The van der Waals surface area contributed by atoms with Gasteiger partial charge in [0.15, 0.2) is 0 Å². The van der Waals surface area contributed by atoms with E-state index in [1.807, 2.05) is 12.1 Å². The average molecular weight is 305 g/mol. The fourth-order valence-corrected chi connectivity index (χ4v) is 2.02. The Morgan fingerprint density at radius 2 is 2.00 bits per heavy atom. The van der Waals surface area contributed by atoms with Gasteiger partial charge in [-0.15, -0.1) is 0 Å². The molecule has 4 heteroatoms. The lowest BCUT2D eigenvalue weighted by atomic mass is 10.1. The molecule has 0 heterocycles. The van der Waals surface area contributed by atoms with Gasteiger partial charge in [0.25, 0.3) is 0 Å². The van der Waals surface area contributed by atoms with Crippen molar-refractivity contribution in [3.63, 3.8) is 0 Å². The molecule has 0 unspecified atom stereocenters. The number of hydrogen-bond donors (Lipinski definition) is 1. The maximum Gasteiger partial charge on any atom is 0.123 e. The van der Waals surface area contributed by atoms with Crippen molar-refractivity contribution in [3.8, 4) is 11.8 Å². The van der Waals surface area contributed by atoms with Crippen LogP contribution in [0.2, 0.25) is 0 Å². The van der Waals surface area contributed by atoms with Crippen molar-refractivity contribution in [2.24, 2.45) is 0 Å². The maximum absolute atomic E-state index is 9.64. The summed E-state index contributed by atoms with van der Waals surface area (Å²) >= 11 is 6.58. The summed E-state index contributed by atoms with van der Waals surface area (Å²) in [7, 11) is 0. The van der Waals surface area contributed by atoms with Gasteiger partial charge in [-0.1, -0.05) is 31.9 Å². The number of benzene rings is 1. The third-order valence-electron chi connectivity index (χ3n) is 1.65. The smallest absolute Gasteiger partial charge is 0.123 e. The summed E-state index contributed by atoms with van der Waals surface area (Å²) in [6.07, 6.45) is 0.227. The van der Waals surface area contributed by atoms with Crippen LogP contribution in [0.5, 0.6) is 5.75 Å². The van der Waals surface area contributed by atoms with Gasteiger partial charge in [0.05, 0.1) is 12.5 Å². The lowest BCUT2D eigenvalue weighted by Gasteiger charge is -2.06. The van der Waals surface area contributed by atoms with Crippen molar-refractivity contribution < 1.29 is 5.11 Å². The Hall–Kier alpha value is -0.530. The molecule has 0 spiro atoms. The van der Waals surface area contributed by atoms with Gasteiger partial charge in [0.1, 0.15) is 5.75 Å². The van der Waals surface area contributed by atoms with Crippen molar-refractivity contribution >= 4 is 31.9 Å².